The Morgan fingerprint density at radius 1 is 0.345 bits per heavy atom. The first-order chi connectivity index (χ1) is 27.2. The van der Waals surface area contributed by atoms with Gasteiger partial charge in [-0.05, 0) is 101 Å². The summed E-state index contributed by atoms with van der Waals surface area (Å²) in [6.07, 6.45) is 0. The molecule has 8 aromatic carbocycles. The molecule has 4 aliphatic rings. The van der Waals surface area contributed by atoms with Crippen LogP contribution in [-0.2, 0) is 0 Å². The molecule has 8 aromatic rings. The number of aryl methyl sites for hydroxylation is 2. The molecule has 4 heterocycles. The van der Waals surface area contributed by atoms with Crippen molar-refractivity contribution in [3.8, 4) is 11.1 Å². The van der Waals surface area contributed by atoms with Gasteiger partial charge >= 0.3 is 0 Å². The second-order valence-electron chi connectivity index (χ2n) is 15.4. The quantitative estimate of drug-likeness (QED) is 0.171. The topological polar surface area (TPSA) is 9.72 Å². The van der Waals surface area contributed by atoms with Crippen LogP contribution in [0.3, 0.4) is 0 Å². The zero-order valence-corrected chi connectivity index (χ0v) is 30.7. The molecule has 3 nitrogen and oxygen atoms in total. The molecule has 4 aliphatic heterocycles. The number of fused-ring (bicyclic) bond motifs is 10. The fraction of sp³-hybridized carbons (Fsp3) is 0.0400. The Bertz CT molecular complexity index is 2880. The molecule has 0 N–H and O–H groups in total. The lowest BCUT2D eigenvalue weighted by Crippen LogP contribution is -2.68. The van der Waals surface area contributed by atoms with E-state index in [1.165, 1.54) is 101 Å². The first-order valence-electron chi connectivity index (χ1n) is 19.4. The third kappa shape index (κ3) is 4.18. The number of hydrogen-bond acceptors (Lipinski definition) is 3. The summed E-state index contributed by atoms with van der Waals surface area (Å²) < 4.78 is 0. The molecule has 0 amide bonds. The fourth-order valence-electron chi connectivity index (χ4n) is 10.2. The smallest absolute Gasteiger partial charge is 0.252 e. The second kappa shape index (κ2) is 11.4. The number of hydrogen-bond donors (Lipinski definition) is 0. The summed E-state index contributed by atoms with van der Waals surface area (Å²) in [5, 5.41) is 0. The van der Waals surface area contributed by atoms with E-state index in [0.717, 1.165) is 5.69 Å². The van der Waals surface area contributed by atoms with E-state index in [9.17, 15) is 0 Å². The number of benzene rings is 8. The van der Waals surface area contributed by atoms with Crippen LogP contribution in [0.25, 0.3) is 11.1 Å². The SMILES string of the molecule is Cc1ccc2c(c1)B1c3ccccc3N(c3ccccc3)c3cc4c5c(c31)N2c1ccc(C)cc1B5c1ccccc1N4c1ccccc1-c1ccccc1. The Morgan fingerprint density at radius 3 is 1.44 bits per heavy atom. The van der Waals surface area contributed by atoms with Crippen LogP contribution in [0.1, 0.15) is 11.1 Å². The van der Waals surface area contributed by atoms with Crippen LogP contribution in [0.5, 0.6) is 0 Å². The van der Waals surface area contributed by atoms with E-state index >= 15 is 0 Å². The standard InChI is InChI=1S/C50H35B2N3/c1-32-25-27-44-39(29-32)51-37-20-10-13-23-42(37)53(35-17-7-4-8-18-35)46-31-47-49-50(48(46)51)55(44)45-28-26-33(2)30-40(45)52(49)38-21-11-14-24-43(38)54(47)41-22-12-9-19-36(41)34-15-5-3-6-16-34/h3-31H,1-2H3. The van der Waals surface area contributed by atoms with Crippen molar-refractivity contribution < 1.29 is 0 Å². The number of rotatable bonds is 3. The molecule has 0 saturated heterocycles. The van der Waals surface area contributed by atoms with Crippen LogP contribution in [-0.4, -0.2) is 13.4 Å². The first-order valence-corrected chi connectivity index (χ1v) is 19.4. The average molecular weight is 699 g/mol. The predicted octanol–water partition coefficient (Wildman–Crippen LogP) is 8.67. The van der Waals surface area contributed by atoms with Crippen molar-refractivity contribution >= 4 is 97.4 Å². The van der Waals surface area contributed by atoms with E-state index in [-0.39, 0.29) is 13.4 Å². The summed E-state index contributed by atoms with van der Waals surface area (Å²) >= 11 is 0. The number of anilines is 9. The molecule has 256 valence electrons. The maximum Gasteiger partial charge on any atom is 0.252 e. The number of nitrogens with zero attached hydrogens (tertiary/aromatic N) is 3. The minimum Gasteiger partial charge on any atom is -0.312 e. The van der Waals surface area contributed by atoms with Crippen LogP contribution in [0, 0.1) is 13.8 Å². The Morgan fingerprint density at radius 2 is 0.818 bits per heavy atom. The molecule has 0 aromatic heterocycles. The number of para-hydroxylation sites is 4. The minimum absolute atomic E-state index is 0.0628. The van der Waals surface area contributed by atoms with E-state index in [0.29, 0.717) is 0 Å². The molecule has 0 aliphatic carbocycles. The normalized spacial score (nSPS) is 13.8. The van der Waals surface area contributed by atoms with Crippen LogP contribution in [0.15, 0.2) is 176 Å². The van der Waals surface area contributed by atoms with Gasteiger partial charge in [0.1, 0.15) is 0 Å². The Hall–Kier alpha value is -6.71. The lowest BCUT2D eigenvalue weighted by atomic mass is 9.28. The summed E-state index contributed by atoms with van der Waals surface area (Å²) in [6, 6.07) is 65.8. The van der Waals surface area contributed by atoms with Gasteiger partial charge in [0.25, 0.3) is 13.4 Å². The van der Waals surface area contributed by atoms with Crippen LogP contribution in [0.4, 0.5) is 51.2 Å². The van der Waals surface area contributed by atoms with Gasteiger partial charge in [0, 0.05) is 51.1 Å². The molecule has 0 unspecified atom stereocenters. The van der Waals surface area contributed by atoms with Crippen molar-refractivity contribution in [3.63, 3.8) is 0 Å². The summed E-state index contributed by atoms with van der Waals surface area (Å²) in [5.41, 5.74) is 24.2. The average Bonchev–Trinajstić information content (AvgIpc) is 3.23. The summed E-state index contributed by atoms with van der Waals surface area (Å²) in [4.78, 5) is 7.72. The molecule has 55 heavy (non-hydrogen) atoms. The molecule has 0 radical (unpaired) electrons. The monoisotopic (exact) mass is 699 g/mol. The molecule has 0 atom stereocenters. The van der Waals surface area contributed by atoms with Crippen molar-refractivity contribution in [1.82, 2.24) is 0 Å². The maximum atomic E-state index is 2.63. The minimum atomic E-state index is 0.0628. The van der Waals surface area contributed by atoms with E-state index in [2.05, 4.69) is 204 Å². The zero-order valence-electron chi connectivity index (χ0n) is 30.7. The van der Waals surface area contributed by atoms with Gasteiger partial charge < -0.3 is 14.7 Å². The summed E-state index contributed by atoms with van der Waals surface area (Å²) in [7, 11) is 0. The van der Waals surface area contributed by atoms with Gasteiger partial charge in [-0.25, -0.2) is 0 Å². The van der Waals surface area contributed by atoms with Gasteiger partial charge in [-0.1, -0.05) is 139 Å². The highest BCUT2D eigenvalue weighted by Crippen LogP contribution is 2.50. The Labute approximate surface area is 322 Å². The van der Waals surface area contributed by atoms with Crippen molar-refractivity contribution in [2.75, 3.05) is 14.7 Å². The van der Waals surface area contributed by atoms with Crippen molar-refractivity contribution in [2.45, 2.75) is 13.8 Å². The summed E-state index contributed by atoms with van der Waals surface area (Å²) in [5.74, 6) is 0. The highest BCUT2D eigenvalue weighted by atomic mass is 15.2. The third-order valence-corrected chi connectivity index (χ3v) is 12.3. The maximum absolute atomic E-state index is 2.63. The van der Waals surface area contributed by atoms with Crippen LogP contribution >= 0.6 is 0 Å². The largest absolute Gasteiger partial charge is 0.312 e. The van der Waals surface area contributed by atoms with E-state index < -0.39 is 0 Å². The summed E-state index contributed by atoms with van der Waals surface area (Å²) in [6.45, 7) is 4.61. The van der Waals surface area contributed by atoms with E-state index in [1.54, 1.807) is 0 Å². The van der Waals surface area contributed by atoms with Crippen LogP contribution in [0.2, 0.25) is 0 Å². The van der Waals surface area contributed by atoms with Gasteiger partial charge in [0.2, 0.25) is 0 Å². The Balaban J connectivity index is 1.27. The van der Waals surface area contributed by atoms with Gasteiger partial charge in [-0.3, -0.25) is 0 Å². The molecular formula is C50H35B2N3. The van der Waals surface area contributed by atoms with E-state index in [1.807, 2.05) is 0 Å². The molecule has 0 fully saturated rings. The predicted molar refractivity (Wildman–Crippen MR) is 235 cm³/mol. The molecule has 0 saturated carbocycles. The van der Waals surface area contributed by atoms with Gasteiger partial charge in [0.15, 0.2) is 0 Å². The van der Waals surface area contributed by atoms with Crippen molar-refractivity contribution in [1.29, 1.82) is 0 Å². The molecular weight excluding hydrogens is 664 g/mol. The second-order valence-corrected chi connectivity index (χ2v) is 15.4. The highest BCUT2D eigenvalue weighted by molar-refractivity contribution is 7.04. The van der Waals surface area contributed by atoms with Gasteiger partial charge in [-0.15, -0.1) is 0 Å². The fourth-order valence-corrected chi connectivity index (χ4v) is 10.2. The first kappa shape index (κ1) is 30.7. The van der Waals surface area contributed by atoms with Crippen LogP contribution < -0.4 is 47.5 Å². The molecule has 0 spiro atoms. The van der Waals surface area contributed by atoms with Crippen molar-refractivity contribution in [2.24, 2.45) is 0 Å². The molecule has 0 bridgehead atoms. The lowest BCUT2D eigenvalue weighted by Gasteiger charge is -2.51. The van der Waals surface area contributed by atoms with Crippen molar-refractivity contribution in [3.05, 3.63) is 187 Å². The third-order valence-electron chi connectivity index (χ3n) is 12.3. The molecule has 5 heteroatoms. The van der Waals surface area contributed by atoms with E-state index in [4.69, 9.17) is 0 Å². The Kier molecular flexibility index (Phi) is 6.37. The molecule has 12 rings (SSSR count). The highest BCUT2D eigenvalue weighted by Gasteiger charge is 2.51. The van der Waals surface area contributed by atoms with Gasteiger partial charge in [-0.2, -0.15) is 0 Å². The van der Waals surface area contributed by atoms with Gasteiger partial charge in [0.05, 0.1) is 5.69 Å². The lowest BCUT2D eigenvalue weighted by molar-refractivity contribution is 1.23. The zero-order chi connectivity index (χ0) is 36.4.